The molecule has 12 heteroatoms. The first-order chi connectivity index (χ1) is 14.5. The molecule has 0 aliphatic rings. The maximum absolute atomic E-state index is 13.3. The van der Waals surface area contributed by atoms with Crippen molar-refractivity contribution >= 4 is 33.4 Å². The summed E-state index contributed by atoms with van der Waals surface area (Å²) in [6.45, 7) is 1.64. The van der Waals surface area contributed by atoms with E-state index in [9.17, 15) is 22.8 Å². The number of benzene rings is 1. The Balaban J connectivity index is 2.12. The van der Waals surface area contributed by atoms with Crippen LogP contribution >= 0.6 is 15.9 Å². The molecule has 2 heterocycles. The summed E-state index contributed by atoms with van der Waals surface area (Å²) >= 11 is 8.40. The topological polar surface area (TPSA) is 88.9 Å². The minimum Gasteiger partial charge on any atom is -0.355 e. The summed E-state index contributed by atoms with van der Waals surface area (Å²) in [6, 6.07) is 6.71. The van der Waals surface area contributed by atoms with E-state index >= 15 is 0 Å². The Morgan fingerprint density at radius 2 is 1.90 bits per heavy atom. The van der Waals surface area contributed by atoms with Gasteiger partial charge in [0.25, 0.3) is 16.8 Å². The number of hydrogen-bond donors (Lipinski definition) is 2. The zero-order chi connectivity index (χ0) is 22.9. The number of halogens is 5. The molecule has 0 aliphatic carbocycles. The van der Waals surface area contributed by atoms with Crippen LogP contribution in [-0.4, -0.2) is 33.6 Å². The molecule has 0 fully saturated rings. The number of rotatable bonds is 4. The van der Waals surface area contributed by atoms with Gasteiger partial charge >= 0.3 is 6.18 Å². The molecule has 0 radical (unpaired) electrons. The van der Waals surface area contributed by atoms with Gasteiger partial charge in [0.15, 0.2) is 17.3 Å². The van der Waals surface area contributed by atoms with Crippen LogP contribution < -0.4 is 10.6 Å². The lowest BCUT2D eigenvalue weighted by Gasteiger charge is -2.14. The standard InChI is InChI=1S/C19H14BrClF3N5O2/c1-9-6-10(20)7-11(17(30)25-2)15(9)27-18(31)13-8-14(19(22,23)24)28-29(13)16-12(21)4-3-5-26-16/h3-8,21H,1-2H3,(H-,25,27,30,31)/p+1. The molecule has 0 atom stereocenters. The van der Waals surface area contributed by atoms with E-state index in [0.29, 0.717) is 16.1 Å². The summed E-state index contributed by atoms with van der Waals surface area (Å²) in [5.41, 5.74) is -0.926. The second-order valence-electron chi connectivity index (χ2n) is 6.33. The third kappa shape index (κ3) is 4.72. The quantitative estimate of drug-likeness (QED) is 0.553. The highest BCUT2D eigenvalue weighted by molar-refractivity contribution is 9.10. The van der Waals surface area contributed by atoms with Crippen LogP contribution in [-0.2, 0) is 6.18 Å². The number of nitrogens with zero attached hydrogens (tertiary/aromatic N) is 3. The fourth-order valence-electron chi connectivity index (χ4n) is 2.78. The van der Waals surface area contributed by atoms with Crippen molar-refractivity contribution in [2.75, 3.05) is 12.4 Å². The third-order valence-electron chi connectivity index (χ3n) is 4.19. The maximum atomic E-state index is 13.3. The van der Waals surface area contributed by atoms with Crippen LogP contribution in [0.2, 0.25) is 5.02 Å². The van der Waals surface area contributed by atoms with Gasteiger partial charge in [-0.3, -0.25) is 9.59 Å². The first kappa shape index (κ1) is 22.8. The smallest absolute Gasteiger partial charge is 0.355 e. The Morgan fingerprint density at radius 1 is 1.19 bits per heavy atom. The molecule has 162 valence electrons. The fourth-order valence-corrected chi connectivity index (χ4v) is 3.57. The lowest BCUT2D eigenvalue weighted by atomic mass is 10.1. The van der Waals surface area contributed by atoms with E-state index < -0.39 is 29.4 Å². The Hall–Kier alpha value is -2.92. The van der Waals surface area contributed by atoms with Gasteiger partial charge in [-0.15, -0.1) is 0 Å². The average molecular weight is 518 g/mol. The summed E-state index contributed by atoms with van der Waals surface area (Å²) in [5, 5.41) is 8.59. The number of aryl methyl sites for hydroxylation is 1. The molecule has 0 spiro atoms. The predicted molar refractivity (Wildman–Crippen MR) is 107 cm³/mol. The summed E-state index contributed by atoms with van der Waals surface area (Å²) in [4.78, 5) is 29.2. The Morgan fingerprint density at radius 3 is 2.52 bits per heavy atom. The molecule has 0 unspecified atom stereocenters. The van der Waals surface area contributed by atoms with Crippen molar-refractivity contribution in [1.82, 2.24) is 20.1 Å². The average Bonchev–Trinajstić information content (AvgIpc) is 3.15. The molecule has 2 amide bonds. The molecule has 3 aromatic rings. The molecular formula is C19H15BrClF3N5O2+. The van der Waals surface area contributed by atoms with E-state index in [0.717, 1.165) is 4.68 Å². The number of aromatic nitrogens is 3. The molecule has 7 nitrogen and oxygen atoms in total. The van der Waals surface area contributed by atoms with Crippen LogP contribution in [0.4, 0.5) is 18.9 Å². The fraction of sp³-hybridized carbons (Fsp3) is 0.158. The molecule has 0 saturated heterocycles. The minimum atomic E-state index is -4.79. The SMILES string of the molecule is CNC(=O)c1cc(Br)cc(C)c1NC(=O)c1cc(C(F)(F)F)nn1-c1ncccc1[ClH+]. The zero-order valence-corrected chi connectivity index (χ0v) is 18.4. The first-order valence-corrected chi connectivity index (χ1v) is 9.86. The lowest BCUT2D eigenvalue weighted by Crippen LogP contribution is -2.23. The summed E-state index contributed by atoms with van der Waals surface area (Å²) in [5.74, 6) is -1.50. The highest BCUT2D eigenvalue weighted by Gasteiger charge is 2.37. The highest BCUT2D eigenvalue weighted by Crippen LogP contribution is 2.31. The summed E-state index contributed by atoms with van der Waals surface area (Å²) < 4.78 is 41.2. The molecular weight excluding hydrogens is 503 g/mol. The van der Waals surface area contributed by atoms with Gasteiger partial charge in [-0.25, -0.2) is 9.67 Å². The molecule has 0 saturated carbocycles. The van der Waals surface area contributed by atoms with Crippen LogP contribution in [0.1, 0.15) is 32.1 Å². The van der Waals surface area contributed by atoms with Crippen LogP contribution in [0.5, 0.6) is 0 Å². The third-order valence-corrected chi connectivity index (χ3v) is 4.97. The minimum absolute atomic E-state index is 0.0998. The van der Waals surface area contributed by atoms with Gasteiger partial charge in [-0.1, -0.05) is 15.9 Å². The second kappa shape index (κ2) is 8.67. The molecule has 0 bridgehead atoms. The van der Waals surface area contributed by atoms with E-state index in [2.05, 4.69) is 36.6 Å². The molecule has 2 aromatic heterocycles. The van der Waals surface area contributed by atoms with Crippen LogP contribution in [0.25, 0.3) is 5.82 Å². The molecule has 1 aromatic carbocycles. The molecule has 0 aliphatic heterocycles. The number of anilines is 1. The van der Waals surface area contributed by atoms with Crippen molar-refractivity contribution < 1.29 is 34.4 Å². The molecule has 31 heavy (non-hydrogen) atoms. The number of carbonyl (C=O) groups is 2. The van der Waals surface area contributed by atoms with Gasteiger partial charge in [-0.2, -0.15) is 18.3 Å². The normalized spacial score (nSPS) is 11.3. The first-order valence-electron chi connectivity index (χ1n) is 8.66. The summed E-state index contributed by atoms with van der Waals surface area (Å²) in [7, 11) is 1.42. The number of hydrogen-bond acceptors (Lipinski definition) is 4. The van der Waals surface area contributed by atoms with Crippen molar-refractivity contribution in [2.45, 2.75) is 13.1 Å². The number of amides is 2. The van der Waals surface area contributed by atoms with E-state index in [-0.39, 0.29) is 22.1 Å². The van der Waals surface area contributed by atoms with E-state index in [1.807, 2.05) is 0 Å². The van der Waals surface area contributed by atoms with Gasteiger partial charge in [0.1, 0.15) is 5.69 Å². The van der Waals surface area contributed by atoms with Crippen LogP contribution in [0.15, 0.2) is 41.0 Å². The van der Waals surface area contributed by atoms with Crippen molar-refractivity contribution in [3.63, 3.8) is 0 Å². The molecule has 2 N–H and O–H groups in total. The Bertz CT molecular complexity index is 1180. The number of pyridine rings is 1. The van der Waals surface area contributed by atoms with Gasteiger partial charge in [-0.05, 0) is 30.7 Å². The summed E-state index contributed by atoms with van der Waals surface area (Å²) in [6.07, 6.45) is -3.47. The van der Waals surface area contributed by atoms with Gasteiger partial charge in [0.2, 0.25) is 5.82 Å². The van der Waals surface area contributed by atoms with Crippen molar-refractivity contribution in [3.05, 3.63) is 68.5 Å². The number of carbonyl (C=O) groups excluding carboxylic acids is 2. The Kier molecular flexibility index (Phi) is 6.37. The van der Waals surface area contributed by atoms with Crippen molar-refractivity contribution in [3.8, 4) is 5.82 Å². The maximum Gasteiger partial charge on any atom is 0.435 e. The van der Waals surface area contributed by atoms with E-state index in [4.69, 9.17) is 11.6 Å². The second-order valence-corrected chi connectivity index (χ2v) is 7.68. The van der Waals surface area contributed by atoms with Gasteiger partial charge in [0.05, 0.1) is 11.3 Å². The highest BCUT2D eigenvalue weighted by atomic mass is 79.9. The van der Waals surface area contributed by atoms with E-state index in [1.54, 1.807) is 13.0 Å². The van der Waals surface area contributed by atoms with Gasteiger partial charge in [0, 0.05) is 29.8 Å². The van der Waals surface area contributed by atoms with Crippen LogP contribution in [0.3, 0.4) is 0 Å². The van der Waals surface area contributed by atoms with Crippen LogP contribution in [0, 0.1) is 18.5 Å². The number of alkyl halides is 3. The number of nitrogens with one attached hydrogen (secondary N) is 2. The van der Waals surface area contributed by atoms with E-state index in [1.165, 1.54) is 31.4 Å². The molecule has 3 rings (SSSR count). The zero-order valence-electron chi connectivity index (χ0n) is 16.0. The Labute approximate surface area is 187 Å². The van der Waals surface area contributed by atoms with Gasteiger partial charge < -0.3 is 10.6 Å². The van der Waals surface area contributed by atoms with Crippen molar-refractivity contribution in [2.24, 2.45) is 0 Å². The monoisotopic (exact) mass is 516 g/mol. The van der Waals surface area contributed by atoms with Crippen molar-refractivity contribution in [1.29, 1.82) is 0 Å². The predicted octanol–water partition coefficient (Wildman–Crippen LogP) is 3.67. The largest absolute Gasteiger partial charge is 0.435 e. The lowest BCUT2D eigenvalue weighted by molar-refractivity contribution is -0.289.